The number of rotatable bonds is 2. The zero-order chi connectivity index (χ0) is 9.19. The van der Waals surface area contributed by atoms with Crippen LogP contribution in [0.15, 0.2) is 30.3 Å². The van der Waals surface area contributed by atoms with Crippen LogP contribution in [0.1, 0.15) is 10.4 Å². The van der Waals surface area contributed by atoms with E-state index in [0.717, 1.165) is 0 Å². The van der Waals surface area contributed by atoms with Gasteiger partial charge in [-0.2, -0.15) is 0 Å². The van der Waals surface area contributed by atoms with Crippen LogP contribution in [0.3, 0.4) is 0 Å². The molecule has 4 nitrogen and oxygen atoms in total. The quantitative estimate of drug-likeness (QED) is 0.403. The molecule has 0 aliphatic carbocycles. The standard InChI is InChI=1S/C8H11N3O/c9-8(10,11)7(12)6-4-2-1-3-5-6/h1-5H,9-11H2. The van der Waals surface area contributed by atoms with Crippen molar-refractivity contribution in [3.8, 4) is 0 Å². The van der Waals surface area contributed by atoms with E-state index in [4.69, 9.17) is 17.2 Å². The van der Waals surface area contributed by atoms with E-state index in [1.54, 1.807) is 30.3 Å². The number of carbonyl (C=O) groups is 1. The lowest BCUT2D eigenvalue weighted by Crippen LogP contribution is -2.64. The third kappa shape index (κ3) is 1.88. The number of hydrogen-bond acceptors (Lipinski definition) is 4. The van der Waals surface area contributed by atoms with Gasteiger partial charge in [0, 0.05) is 5.56 Å². The van der Waals surface area contributed by atoms with Crippen molar-refractivity contribution in [2.45, 2.75) is 5.79 Å². The Balaban J connectivity index is 2.94. The molecule has 0 atom stereocenters. The Morgan fingerprint density at radius 1 is 1.08 bits per heavy atom. The average molecular weight is 165 g/mol. The lowest BCUT2D eigenvalue weighted by atomic mass is 10.1. The highest BCUT2D eigenvalue weighted by Crippen LogP contribution is 2.02. The summed E-state index contributed by atoms with van der Waals surface area (Å²) in [6, 6.07) is 8.47. The Labute approximate surface area is 70.3 Å². The highest BCUT2D eigenvalue weighted by Gasteiger charge is 2.24. The largest absolute Gasteiger partial charge is 0.294 e. The summed E-state index contributed by atoms with van der Waals surface area (Å²) >= 11 is 0. The fourth-order valence-corrected chi connectivity index (χ4v) is 0.840. The van der Waals surface area contributed by atoms with Crippen molar-refractivity contribution in [1.29, 1.82) is 0 Å². The zero-order valence-electron chi connectivity index (χ0n) is 6.53. The molecule has 1 aromatic carbocycles. The van der Waals surface area contributed by atoms with Crippen molar-refractivity contribution in [3.63, 3.8) is 0 Å². The zero-order valence-corrected chi connectivity index (χ0v) is 6.53. The van der Waals surface area contributed by atoms with Crippen molar-refractivity contribution < 1.29 is 4.79 Å². The third-order valence-electron chi connectivity index (χ3n) is 1.43. The fraction of sp³-hybridized carbons (Fsp3) is 0.125. The minimum atomic E-state index is -1.78. The second-order valence-corrected chi connectivity index (χ2v) is 2.63. The summed E-state index contributed by atoms with van der Waals surface area (Å²) in [6.45, 7) is 0. The molecule has 0 bridgehead atoms. The smallest absolute Gasteiger partial charge is 0.212 e. The van der Waals surface area contributed by atoms with Gasteiger partial charge < -0.3 is 0 Å². The Bertz CT molecular complexity index is 276. The van der Waals surface area contributed by atoms with E-state index in [-0.39, 0.29) is 0 Å². The molecule has 1 rings (SSSR count). The van der Waals surface area contributed by atoms with Crippen molar-refractivity contribution >= 4 is 5.78 Å². The highest BCUT2D eigenvalue weighted by molar-refractivity contribution is 6.02. The van der Waals surface area contributed by atoms with Crippen LogP contribution in [0.5, 0.6) is 0 Å². The normalized spacial score (nSPS) is 11.2. The van der Waals surface area contributed by atoms with Gasteiger partial charge in [0.1, 0.15) is 0 Å². The van der Waals surface area contributed by atoms with Gasteiger partial charge >= 0.3 is 0 Å². The first-order valence-electron chi connectivity index (χ1n) is 3.48. The van der Waals surface area contributed by atoms with Gasteiger partial charge in [-0.3, -0.25) is 22.0 Å². The molecule has 64 valence electrons. The topological polar surface area (TPSA) is 95.1 Å². The molecule has 0 aliphatic heterocycles. The van der Waals surface area contributed by atoms with E-state index >= 15 is 0 Å². The van der Waals surface area contributed by atoms with E-state index in [9.17, 15) is 4.79 Å². The van der Waals surface area contributed by atoms with Crippen LogP contribution in [0, 0.1) is 0 Å². The molecule has 0 fully saturated rings. The Morgan fingerprint density at radius 2 is 1.58 bits per heavy atom. The number of Topliss-reactive ketones (excluding diaryl/α,β-unsaturated/α-hetero) is 1. The summed E-state index contributed by atoms with van der Waals surface area (Å²) in [4.78, 5) is 11.3. The summed E-state index contributed by atoms with van der Waals surface area (Å²) < 4.78 is 0. The fourth-order valence-electron chi connectivity index (χ4n) is 0.840. The molecule has 0 spiro atoms. The van der Waals surface area contributed by atoms with Crippen LogP contribution in [0.2, 0.25) is 0 Å². The van der Waals surface area contributed by atoms with Crippen LogP contribution >= 0.6 is 0 Å². The maximum absolute atomic E-state index is 11.3. The van der Waals surface area contributed by atoms with Crippen molar-refractivity contribution in [1.82, 2.24) is 0 Å². The molecule has 0 saturated heterocycles. The van der Waals surface area contributed by atoms with Crippen molar-refractivity contribution in [3.05, 3.63) is 35.9 Å². The van der Waals surface area contributed by atoms with E-state index in [0.29, 0.717) is 5.56 Å². The van der Waals surface area contributed by atoms with Gasteiger partial charge in [-0.05, 0) is 0 Å². The number of ketones is 1. The Hall–Kier alpha value is -1.23. The number of hydrogen-bond donors (Lipinski definition) is 3. The molecule has 0 radical (unpaired) electrons. The minimum Gasteiger partial charge on any atom is -0.294 e. The lowest BCUT2D eigenvalue weighted by molar-refractivity contribution is 0.0896. The molecule has 0 amide bonds. The Kier molecular flexibility index (Phi) is 2.23. The van der Waals surface area contributed by atoms with Gasteiger partial charge in [-0.1, -0.05) is 30.3 Å². The summed E-state index contributed by atoms with van der Waals surface area (Å²) in [7, 11) is 0. The molecular weight excluding hydrogens is 154 g/mol. The summed E-state index contributed by atoms with van der Waals surface area (Å²) in [6.07, 6.45) is 0. The van der Waals surface area contributed by atoms with Gasteiger partial charge in [0.2, 0.25) is 5.78 Å². The monoisotopic (exact) mass is 165 g/mol. The van der Waals surface area contributed by atoms with Crippen LogP contribution in [0.4, 0.5) is 0 Å². The second kappa shape index (κ2) is 3.02. The van der Waals surface area contributed by atoms with E-state index in [2.05, 4.69) is 0 Å². The second-order valence-electron chi connectivity index (χ2n) is 2.63. The van der Waals surface area contributed by atoms with Crippen LogP contribution < -0.4 is 17.2 Å². The molecule has 6 N–H and O–H groups in total. The number of benzene rings is 1. The maximum Gasteiger partial charge on any atom is 0.212 e. The molecule has 1 aromatic rings. The predicted octanol–water partition coefficient (Wildman–Crippen LogP) is -0.601. The van der Waals surface area contributed by atoms with Crippen molar-refractivity contribution in [2.24, 2.45) is 17.2 Å². The molecule has 12 heavy (non-hydrogen) atoms. The number of carbonyl (C=O) groups excluding carboxylic acids is 1. The molecule has 0 aliphatic rings. The molecule has 0 saturated carbocycles. The van der Waals surface area contributed by atoms with Crippen molar-refractivity contribution in [2.75, 3.05) is 0 Å². The molecule has 0 aromatic heterocycles. The van der Waals surface area contributed by atoms with Gasteiger partial charge in [-0.25, -0.2) is 0 Å². The SMILES string of the molecule is NC(N)(N)C(=O)c1ccccc1. The van der Waals surface area contributed by atoms with Crippen LogP contribution in [-0.2, 0) is 0 Å². The Morgan fingerprint density at radius 3 is 2.00 bits per heavy atom. The molecule has 4 heteroatoms. The summed E-state index contributed by atoms with van der Waals surface area (Å²) in [5.41, 5.74) is 16.1. The average Bonchev–Trinajstić information content (AvgIpc) is 2.03. The van der Waals surface area contributed by atoms with Crippen LogP contribution in [0.25, 0.3) is 0 Å². The minimum absolute atomic E-state index is 0.421. The summed E-state index contributed by atoms with van der Waals surface area (Å²) in [5, 5.41) is 0. The van der Waals surface area contributed by atoms with E-state index in [1.807, 2.05) is 0 Å². The highest BCUT2D eigenvalue weighted by atomic mass is 16.1. The molecular formula is C8H11N3O. The van der Waals surface area contributed by atoms with E-state index < -0.39 is 11.6 Å². The van der Waals surface area contributed by atoms with Gasteiger partial charge in [0.05, 0.1) is 0 Å². The molecule has 0 unspecified atom stereocenters. The first-order valence-corrected chi connectivity index (χ1v) is 3.48. The third-order valence-corrected chi connectivity index (χ3v) is 1.43. The first-order chi connectivity index (χ1) is 5.52. The summed E-state index contributed by atoms with van der Waals surface area (Å²) in [5.74, 6) is -2.25. The maximum atomic E-state index is 11.3. The van der Waals surface area contributed by atoms with Gasteiger partial charge in [-0.15, -0.1) is 0 Å². The first kappa shape index (κ1) is 8.86. The number of nitrogens with two attached hydrogens (primary N) is 3. The van der Waals surface area contributed by atoms with E-state index in [1.165, 1.54) is 0 Å². The van der Waals surface area contributed by atoms with Gasteiger partial charge in [0.15, 0.2) is 5.79 Å². The molecule has 0 heterocycles. The van der Waals surface area contributed by atoms with Gasteiger partial charge in [0.25, 0.3) is 0 Å². The predicted molar refractivity (Wildman–Crippen MR) is 46.1 cm³/mol. The van der Waals surface area contributed by atoms with Crippen LogP contribution in [-0.4, -0.2) is 11.6 Å². The lowest BCUT2D eigenvalue weighted by Gasteiger charge is -2.16.